The molecule has 1 atom stereocenters. The average molecular weight is 406 g/mol. The molecule has 0 saturated carbocycles. The van der Waals surface area contributed by atoms with E-state index < -0.39 is 0 Å². The van der Waals surface area contributed by atoms with Crippen LogP contribution >= 0.6 is 15.9 Å². The molecule has 0 radical (unpaired) electrons. The zero-order chi connectivity index (χ0) is 18.3. The Balaban J connectivity index is 2.08. The van der Waals surface area contributed by atoms with Crippen molar-refractivity contribution in [2.24, 2.45) is 0 Å². The van der Waals surface area contributed by atoms with Crippen molar-refractivity contribution in [2.45, 2.75) is 19.9 Å². The summed E-state index contributed by atoms with van der Waals surface area (Å²) in [5.74, 6) is 0.522. The molecule has 0 bridgehead atoms. The molecule has 0 aliphatic heterocycles. The molecule has 0 unspecified atom stereocenters. The number of benzene rings is 2. The van der Waals surface area contributed by atoms with Crippen molar-refractivity contribution in [1.82, 2.24) is 14.5 Å². The summed E-state index contributed by atoms with van der Waals surface area (Å²) >= 11 is 3.58. The molecule has 0 spiro atoms. The Morgan fingerprint density at radius 1 is 1.19 bits per heavy atom. The number of nitriles is 1. The first kappa shape index (κ1) is 16.6. The second-order valence-electron chi connectivity index (χ2n) is 6.24. The summed E-state index contributed by atoms with van der Waals surface area (Å²) in [5, 5.41) is 12.9. The number of hydrogen-bond acceptors (Lipinski definition) is 4. The summed E-state index contributed by atoms with van der Waals surface area (Å²) < 4.78 is 3.10. The van der Waals surface area contributed by atoms with Gasteiger partial charge in [-0.05, 0) is 37.1 Å². The molecule has 26 heavy (non-hydrogen) atoms. The van der Waals surface area contributed by atoms with Crippen molar-refractivity contribution in [3.63, 3.8) is 0 Å². The highest BCUT2D eigenvalue weighted by atomic mass is 79.9. The van der Waals surface area contributed by atoms with Crippen LogP contribution in [-0.2, 0) is 0 Å². The van der Waals surface area contributed by atoms with Crippen molar-refractivity contribution in [2.75, 3.05) is 5.32 Å². The van der Waals surface area contributed by atoms with E-state index in [-0.39, 0.29) is 6.04 Å². The van der Waals surface area contributed by atoms with E-state index in [0.29, 0.717) is 5.95 Å². The van der Waals surface area contributed by atoms with Crippen molar-refractivity contribution < 1.29 is 0 Å². The predicted octanol–water partition coefficient (Wildman–Crippen LogP) is 5.16. The van der Waals surface area contributed by atoms with Crippen molar-refractivity contribution >= 4 is 43.8 Å². The number of imidazole rings is 1. The van der Waals surface area contributed by atoms with Crippen LogP contribution in [0, 0.1) is 18.4 Å². The first-order chi connectivity index (χ1) is 12.6. The molecule has 0 aliphatic carbocycles. The monoisotopic (exact) mass is 405 g/mol. The highest BCUT2D eigenvalue weighted by Crippen LogP contribution is 2.34. The van der Waals surface area contributed by atoms with Gasteiger partial charge >= 0.3 is 0 Å². The Hall–Kier alpha value is -2.91. The molecular formula is C20H16BrN5. The number of nitrogens with zero attached hydrogens (tertiary/aromatic N) is 4. The van der Waals surface area contributed by atoms with Gasteiger partial charge in [-0.15, -0.1) is 0 Å². The van der Waals surface area contributed by atoms with Gasteiger partial charge in [0.25, 0.3) is 0 Å². The van der Waals surface area contributed by atoms with Crippen LogP contribution in [0.3, 0.4) is 0 Å². The summed E-state index contributed by atoms with van der Waals surface area (Å²) in [5.41, 5.74) is 4.90. The maximum Gasteiger partial charge on any atom is 0.217 e. The third-order valence-electron chi connectivity index (χ3n) is 4.63. The van der Waals surface area contributed by atoms with Gasteiger partial charge in [0.15, 0.2) is 6.19 Å². The lowest BCUT2D eigenvalue weighted by Gasteiger charge is -2.18. The Labute approximate surface area is 159 Å². The zero-order valence-electron chi connectivity index (χ0n) is 14.4. The number of aromatic nitrogens is 3. The number of aryl methyl sites for hydroxylation is 1. The van der Waals surface area contributed by atoms with Gasteiger partial charge in [0.05, 0.1) is 23.3 Å². The van der Waals surface area contributed by atoms with Gasteiger partial charge in [0.2, 0.25) is 5.95 Å². The number of pyridine rings is 1. The Kier molecular flexibility index (Phi) is 4.09. The van der Waals surface area contributed by atoms with E-state index in [9.17, 15) is 5.26 Å². The number of nitrogens with one attached hydrogen (secondary N) is 1. The van der Waals surface area contributed by atoms with Gasteiger partial charge in [0, 0.05) is 9.86 Å². The number of hydrogen-bond donors (Lipinski definition) is 1. The van der Waals surface area contributed by atoms with Gasteiger partial charge < -0.3 is 4.57 Å². The smallest absolute Gasteiger partial charge is 0.217 e. The van der Waals surface area contributed by atoms with Crippen LogP contribution in [0.2, 0.25) is 0 Å². The maximum absolute atomic E-state index is 9.18. The van der Waals surface area contributed by atoms with Crippen LogP contribution < -0.4 is 5.32 Å². The van der Waals surface area contributed by atoms with E-state index in [1.54, 1.807) is 6.20 Å². The predicted molar refractivity (Wildman–Crippen MR) is 107 cm³/mol. The molecule has 4 aromatic rings. The van der Waals surface area contributed by atoms with E-state index in [2.05, 4.69) is 67.8 Å². The minimum absolute atomic E-state index is 0.00611. The van der Waals surface area contributed by atoms with E-state index in [0.717, 1.165) is 37.5 Å². The summed E-state index contributed by atoms with van der Waals surface area (Å²) in [6.07, 6.45) is 3.76. The Morgan fingerprint density at radius 2 is 1.96 bits per heavy atom. The third-order valence-corrected chi connectivity index (χ3v) is 5.49. The topological polar surface area (TPSA) is 66.5 Å². The van der Waals surface area contributed by atoms with Gasteiger partial charge in [-0.3, -0.25) is 10.3 Å². The van der Waals surface area contributed by atoms with E-state index in [1.165, 1.54) is 0 Å². The maximum atomic E-state index is 9.18. The molecule has 2 heterocycles. The summed E-state index contributed by atoms with van der Waals surface area (Å²) in [7, 11) is 0. The number of rotatable bonds is 3. The van der Waals surface area contributed by atoms with Crippen LogP contribution in [0.15, 0.2) is 53.1 Å². The Bertz CT molecular complexity index is 1160. The second kappa shape index (κ2) is 6.43. The van der Waals surface area contributed by atoms with Gasteiger partial charge in [0.1, 0.15) is 5.52 Å². The summed E-state index contributed by atoms with van der Waals surface area (Å²) in [6, 6.07) is 14.3. The lowest BCUT2D eigenvalue weighted by atomic mass is 10.1. The molecule has 2 aromatic heterocycles. The highest BCUT2D eigenvalue weighted by Gasteiger charge is 2.20. The van der Waals surface area contributed by atoms with E-state index in [1.807, 2.05) is 30.5 Å². The van der Waals surface area contributed by atoms with Crippen LogP contribution in [0.5, 0.6) is 0 Å². The SMILES string of the molecule is Cc1cc2c(cc1Br)ncc1nc(NC#N)n([C@H](C)c3ccccc3)c12. The lowest BCUT2D eigenvalue weighted by molar-refractivity contribution is 0.668. The van der Waals surface area contributed by atoms with Gasteiger partial charge in [-0.1, -0.05) is 46.3 Å². The minimum atomic E-state index is 0.00611. The normalized spacial score (nSPS) is 12.2. The minimum Gasteiger partial charge on any atom is -0.301 e. The zero-order valence-corrected chi connectivity index (χ0v) is 15.9. The molecule has 5 nitrogen and oxygen atoms in total. The standard InChI is InChI=1S/C20H16BrN5/c1-12-8-15-17(9-16(12)21)23-10-18-19(15)26(20(25-18)24-11-22)13(2)14-6-4-3-5-7-14/h3-10,13H,1-2H3,(H,24,25)/t13-/m1/s1. The highest BCUT2D eigenvalue weighted by molar-refractivity contribution is 9.10. The van der Waals surface area contributed by atoms with Crippen LogP contribution in [0.25, 0.3) is 21.9 Å². The molecule has 128 valence electrons. The lowest BCUT2D eigenvalue weighted by Crippen LogP contribution is -2.10. The largest absolute Gasteiger partial charge is 0.301 e. The number of anilines is 1. The second-order valence-corrected chi connectivity index (χ2v) is 7.09. The number of fused-ring (bicyclic) bond motifs is 3. The molecule has 0 saturated heterocycles. The van der Waals surface area contributed by atoms with Crippen molar-refractivity contribution in [3.05, 3.63) is 64.3 Å². The summed E-state index contributed by atoms with van der Waals surface area (Å²) in [4.78, 5) is 9.15. The molecule has 0 fully saturated rings. The first-order valence-corrected chi connectivity index (χ1v) is 9.06. The molecule has 2 aromatic carbocycles. The fourth-order valence-electron chi connectivity index (χ4n) is 3.30. The molecule has 0 aliphatic rings. The van der Waals surface area contributed by atoms with Crippen LogP contribution in [0.4, 0.5) is 5.95 Å². The molecular weight excluding hydrogens is 390 g/mol. The Morgan fingerprint density at radius 3 is 2.69 bits per heavy atom. The molecule has 4 rings (SSSR count). The molecule has 0 amide bonds. The molecule has 6 heteroatoms. The van der Waals surface area contributed by atoms with Crippen LogP contribution in [-0.4, -0.2) is 14.5 Å². The summed E-state index contributed by atoms with van der Waals surface area (Å²) in [6.45, 7) is 4.16. The quantitative estimate of drug-likeness (QED) is 0.377. The van der Waals surface area contributed by atoms with Gasteiger partial charge in [-0.2, -0.15) is 5.26 Å². The average Bonchev–Trinajstić information content (AvgIpc) is 3.02. The van der Waals surface area contributed by atoms with Crippen LogP contribution in [0.1, 0.15) is 24.1 Å². The van der Waals surface area contributed by atoms with Gasteiger partial charge in [-0.25, -0.2) is 4.98 Å². The number of halogens is 1. The molecule has 1 N–H and O–H groups in total. The first-order valence-electron chi connectivity index (χ1n) is 8.27. The fourth-order valence-corrected chi connectivity index (χ4v) is 3.63. The van der Waals surface area contributed by atoms with Crippen molar-refractivity contribution in [3.8, 4) is 6.19 Å². The van der Waals surface area contributed by atoms with E-state index >= 15 is 0 Å². The fraction of sp³-hybridized carbons (Fsp3) is 0.150. The third kappa shape index (κ3) is 2.61. The van der Waals surface area contributed by atoms with Crippen molar-refractivity contribution in [1.29, 1.82) is 5.26 Å². The van der Waals surface area contributed by atoms with E-state index in [4.69, 9.17) is 0 Å².